The molecule has 0 fully saturated rings. The summed E-state index contributed by atoms with van der Waals surface area (Å²) in [5.41, 5.74) is 3.39. The number of amides is 1. The van der Waals surface area contributed by atoms with Crippen LogP contribution in [0.5, 0.6) is 5.75 Å². The van der Waals surface area contributed by atoms with Crippen molar-refractivity contribution >= 4 is 5.91 Å². The molecule has 0 unspecified atom stereocenters. The number of aryl methyl sites for hydroxylation is 1. The Labute approximate surface area is 138 Å². The van der Waals surface area contributed by atoms with Gasteiger partial charge in [0.25, 0.3) is 5.91 Å². The van der Waals surface area contributed by atoms with Gasteiger partial charge in [-0.15, -0.1) is 0 Å². The van der Waals surface area contributed by atoms with E-state index in [1.54, 1.807) is 6.92 Å². The first-order valence-electron chi connectivity index (χ1n) is 8.06. The molecule has 23 heavy (non-hydrogen) atoms. The summed E-state index contributed by atoms with van der Waals surface area (Å²) in [6.07, 6.45) is -0.528. The molecule has 1 amide bonds. The molecule has 0 aliphatic carbocycles. The first kappa shape index (κ1) is 17.1. The van der Waals surface area contributed by atoms with E-state index in [1.807, 2.05) is 49.4 Å². The number of carbonyl (C=O) groups excluding carboxylic acids is 1. The van der Waals surface area contributed by atoms with E-state index in [-0.39, 0.29) is 5.91 Å². The predicted octanol–water partition coefficient (Wildman–Crippen LogP) is 4.20. The highest BCUT2D eigenvalue weighted by Gasteiger charge is 2.16. The largest absolute Gasteiger partial charge is 0.481 e. The summed E-state index contributed by atoms with van der Waals surface area (Å²) in [6, 6.07) is 16.0. The molecular formula is C20H25NO2. The van der Waals surface area contributed by atoms with Gasteiger partial charge in [0.2, 0.25) is 0 Å². The maximum absolute atomic E-state index is 12.3. The van der Waals surface area contributed by atoms with Crippen molar-refractivity contribution in [3.63, 3.8) is 0 Å². The topological polar surface area (TPSA) is 38.3 Å². The molecule has 0 heterocycles. The number of rotatable bonds is 6. The van der Waals surface area contributed by atoms with E-state index in [2.05, 4.69) is 25.2 Å². The third-order valence-electron chi connectivity index (χ3n) is 3.76. The van der Waals surface area contributed by atoms with Crippen molar-refractivity contribution < 1.29 is 9.53 Å². The van der Waals surface area contributed by atoms with Crippen LogP contribution >= 0.6 is 0 Å². The maximum atomic E-state index is 12.3. The number of carbonyl (C=O) groups is 1. The first-order valence-corrected chi connectivity index (χ1v) is 8.06. The molecule has 1 atom stereocenters. The average Bonchev–Trinajstić information content (AvgIpc) is 2.53. The molecule has 3 heteroatoms. The molecule has 0 saturated carbocycles. The van der Waals surface area contributed by atoms with Crippen molar-refractivity contribution in [1.29, 1.82) is 0 Å². The molecule has 3 nitrogen and oxygen atoms in total. The SMILES string of the molecule is Cc1cccc(CNC(=O)[C@H](C)Oc2ccccc2C(C)C)c1. The summed E-state index contributed by atoms with van der Waals surface area (Å²) in [7, 11) is 0. The van der Waals surface area contributed by atoms with E-state index in [1.165, 1.54) is 5.56 Å². The number of ether oxygens (including phenoxy) is 1. The van der Waals surface area contributed by atoms with E-state index >= 15 is 0 Å². The van der Waals surface area contributed by atoms with Gasteiger partial charge in [-0.1, -0.05) is 61.9 Å². The number of benzene rings is 2. The maximum Gasteiger partial charge on any atom is 0.261 e. The Hall–Kier alpha value is -2.29. The zero-order valence-electron chi connectivity index (χ0n) is 14.3. The fourth-order valence-electron chi connectivity index (χ4n) is 2.46. The van der Waals surface area contributed by atoms with Crippen LogP contribution < -0.4 is 10.1 Å². The molecule has 0 aliphatic rings. The number of hydrogen-bond donors (Lipinski definition) is 1. The molecule has 0 bridgehead atoms. The van der Waals surface area contributed by atoms with Gasteiger partial charge in [-0.05, 0) is 37.0 Å². The lowest BCUT2D eigenvalue weighted by Crippen LogP contribution is -2.36. The highest BCUT2D eigenvalue weighted by molar-refractivity contribution is 5.80. The molecule has 2 aromatic carbocycles. The Balaban J connectivity index is 1.95. The van der Waals surface area contributed by atoms with Crippen molar-refractivity contribution in [3.05, 3.63) is 65.2 Å². The van der Waals surface area contributed by atoms with Crippen molar-refractivity contribution in [2.75, 3.05) is 0 Å². The van der Waals surface area contributed by atoms with E-state index in [0.717, 1.165) is 16.9 Å². The third-order valence-corrected chi connectivity index (χ3v) is 3.76. The molecule has 122 valence electrons. The van der Waals surface area contributed by atoms with Crippen molar-refractivity contribution in [2.45, 2.75) is 46.3 Å². The van der Waals surface area contributed by atoms with Crippen LogP contribution in [0.3, 0.4) is 0 Å². The smallest absolute Gasteiger partial charge is 0.261 e. The van der Waals surface area contributed by atoms with Crippen LogP contribution in [0.4, 0.5) is 0 Å². The van der Waals surface area contributed by atoms with Crippen molar-refractivity contribution in [2.24, 2.45) is 0 Å². The van der Waals surface area contributed by atoms with E-state index in [4.69, 9.17) is 4.74 Å². The number of hydrogen-bond acceptors (Lipinski definition) is 2. The van der Waals surface area contributed by atoms with E-state index in [0.29, 0.717) is 12.5 Å². The molecule has 2 aromatic rings. The van der Waals surface area contributed by atoms with Crippen molar-refractivity contribution in [1.82, 2.24) is 5.32 Å². The zero-order chi connectivity index (χ0) is 16.8. The molecular weight excluding hydrogens is 286 g/mol. The highest BCUT2D eigenvalue weighted by atomic mass is 16.5. The van der Waals surface area contributed by atoms with Gasteiger partial charge in [0.15, 0.2) is 6.10 Å². The summed E-state index contributed by atoms with van der Waals surface area (Å²) in [5.74, 6) is 1.03. The lowest BCUT2D eigenvalue weighted by Gasteiger charge is -2.18. The van der Waals surface area contributed by atoms with Gasteiger partial charge < -0.3 is 10.1 Å². The van der Waals surface area contributed by atoms with Crippen LogP contribution in [-0.4, -0.2) is 12.0 Å². The summed E-state index contributed by atoms with van der Waals surface area (Å²) < 4.78 is 5.87. The average molecular weight is 311 g/mol. The Morgan fingerprint density at radius 1 is 1.09 bits per heavy atom. The van der Waals surface area contributed by atoms with Crippen LogP contribution in [0.15, 0.2) is 48.5 Å². The lowest BCUT2D eigenvalue weighted by molar-refractivity contribution is -0.127. The molecule has 0 spiro atoms. The Morgan fingerprint density at radius 3 is 2.52 bits per heavy atom. The van der Waals surface area contributed by atoms with Crippen LogP contribution in [0.1, 0.15) is 43.4 Å². The Morgan fingerprint density at radius 2 is 1.83 bits per heavy atom. The summed E-state index contributed by atoms with van der Waals surface area (Å²) in [6.45, 7) is 8.57. The van der Waals surface area contributed by atoms with Gasteiger partial charge in [0, 0.05) is 6.54 Å². The lowest BCUT2D eigenvalue weighted by atomic mass is 10.0. The number of nitrogens with one attached hydrogen (secondary N) is 1. The standard InChI is InChI=1S/C20H25NO2/c1-14(2)18-10-5-6-11-19(18)23-16(4)20(22)21-13-17-9-7-8-15(3)12-17/h5-12,14,16H,13H2,1-4H3,(H,21,22)/t16-/m0/s1. The molecule has 0 aromatic heterocycles. The van der Waals surface area contributed by atoms with Crippen LogP contribution in [0, 0.1) is 6.92 Å². The molecule has 2 rings (SSSR count). The van der Waals surface area contributed by atoms with E-state index in [9.17, 15) is 4.79 Å². The van der Waals surface area contributed by atoms with Gasteiger partial charge in [0.1, 0.15) is 5.75 Å². The predicted molar refractivity (Wildman–Crippen MR) is 93.6 cm³/mol. The van der Waals surface area contributed by atoms with Crippen LogP contribution in [0.25, 0.3) is 0 Å². The van der Waals surface area contributed by atoms with Gasteiger partial charge in [-0.2, -0.15) is 0 Å². The minimum atomic E-state index is -0.528. The summed E-state index contributed by atoms with van der Waals surface area (Å²) in [5, 5.41) is 2.93. The van der Waals surface area contributed by atoms with Gasteiger partial charge in [-0.3, -0.25) is 4.79 Å². The van der Waals surface area contributed by atoms with Gasteiger partial charge >= 0.3 is 0 Å². The molecule has 0 saturated heterocycles. The molecule has 1 N–H and O–H groups in total. The minimum absolute atomic E-state index is 0.106. The monoisotopic (exact) mass is 311 g/mol. The summed E-state index contributed by atoms with van der Waals surface area (Å²) >= 11 is 0. The van der Waals surface area contributed by atoms with Crippen LogP contribution in [-0.2, 0) is 11.3 Å². The first-order chi connectivity index (χ1) is 11.0. The second kappa shape index (κ2) is 7.82. The molecule has 0 aliphatic heterocycles. The Bertz CT molecular complexity index is 664. The van der Waals surface area contributed by atoms with Crippen LogP contribution in [0.2, 0.25) is 0 Å². The van der Waals surface area contributed by atoms with Gasteiger partial charge in [-0.25, -0.2) is 0 Å². The second-order valence-corrected chi connectivity index (χ2v) is 6.16. The van der Waals surface area contributed by atoms with E-state index < -0.39 is 6.10 Å². The highest BCUT2D eigenvalue weighted by Crippen LogP contribution is 2.26. The Kier molecular flexibility index (Phi) is 5.80. The molecule has 0 radical (unpaired) electrons. The minimum Gasteiger partial charge on any atom is -0.481 e. The number of para-hydroxylation sites is 1. The summed E-state index contributed by atoms with van der Waals surface area (Å²) in [4.78, 5) is 12.3. The van der Waals surface area contributed by atoms with Crippen molar-refractivity contribution in [3.8, 4) is 5.75 Å². The second-order valence-electron chi connectivity index (χ2n) is 6.16. The zero-order valence-corrected chi connectivity index (χ0v) is 14.3. The van der Waals surface area contributed by atoms with Gasteiger partial charge in [0.05, 0.1) is 0 Å². The third kappa shape index (κ3) is 4.85. The fraction of sp³-hybridized carbons (Fsp3) is 0.350. The quantitative estimate of drug-likeness (QED) is 0.868. The fourth-order valence-corrected chi connectivity index (χ4v) is 2.46. The normalized spacial score (nSPS) is 12.0.